The Balaban J connectivity index is 2.46. The summed E-state index contributed by atoms with van der Waals surface area (Å²) in [4.78, 5) is 6.87. The first kappa shape index (κ1) is 15.2. The van der Waals surface area contributed by atoms with Crippen LogP contribution in [0.25, 0.3) is 0 Å². The number of nitrogens with zero attached hydrogens (tertiary/aromatic N) is 2. The number of morpholine rings is 1. The lowest BCUT2D eigenvalue weighted by Gasteiger charge is -2.39. The van der Waals surface area contributed by atoms with Crippen LogP contribution in [0.2, 0.25) is 0 Å². The normalized spacial score (nSPS) is 20.8. The molecule has 5 heteroatoms. The highest BCUT2D eigenvalue weighted by atomic mass is 16.5. The van der Waals surface area contributed by atoms with Crippen molar-refractivity contribution in [2.24, 2.45) is 10.7 Å². The van der Waals surface area contributed by atoms with Crippen LogP contribution >= 0.6 is 0 Å². The molecule has 0 aromatic heterocycles. The van der Waals surface area contributed by atoms with E-state index in [0.29, 0.717) is 18.5 Å². The molecule has 106 valence electrons. The van der Waals surface area contributed by atoms with Gasteiger partial charge in [-0.2, -0.15) is 0 Å². The second-order valence-electron chi connectivity index (χ2n) is 5.57. The molecule has 18 heavy (non-hydrogen) atoms. The number of hydrogen-bond donors (Lipinski definition) is 2. The Labute approximate surface area is 111 Å². The van der Waals surface area contributed by atoms with E-state index in [2.05, 4.69) is 42.9 Å². The van der Waals surface area contributed by atoms with Crippen LogP contribution < -0.4 is 11.1 Å². The van der Waals surface area contributed by atoms with E-state index >= 15 is 0 Å². The zero-order valence-electron chi connectivity index (χ0n) is 12.2. The minimum atomic E-state index is 0.0333. The van der Waals surface area contributed by atoms with Crippen LogP contribution in [0.5, 0.6) is 0 Å². The third-order valence-electron chi connectivity index (χ3n) is 3.51. The van der Waals surface area contributed by atoms with Crippen LogP contribution in [0.15, 0.2) is 4.99 Å². The van der Waals surface area contributed by atoms with Crippen molar-refractivity contribution in [1.29, 1.82) is 0 Å². The monoisotopic (exact) mass is 256 g/mol. The largest absolute Gasteiger partial charge is 0.379 e. The lowest BCUT2D eigenvalue weighted by atomic mass is 10.0. The van der Waals surface area contributed by atoms with Gasteiger partial charge in [-0.1, -0.05) is 6.92 Å². The molecule has 1 aliphatic rings. The van der Waals surface area contributed by atoms with Gasteiger partial charge in [0.15, 0.2) is 5.96 Å². The zero-order chi connectivity index (χ0) is 13.6. The van der Waals surface area contributed by atoms with Gasteiger partial charge in [-0.3, -0.25) is 9.89 Å². The topological polar surface area (TPSA) is 62.9 Å². The van der Waals surface area contributed by atoms with Gasteiger partial charge in [0, 0.05) is 24.7 Å². The summed E-state index contributed by atoms with van der Waals surface area (Å²) in [5, 5.41) is 3.19. The van der Waals surface area contributed by atoms with Crippen LogP contribution in [0.1, 0.15) is 34.1 Å². The molecule has 3 N–H and O–H groups in total. The molecule has 0 aliphatic carbocycles. The average molecular weight is 256 g/mol. The van der Waals surface area contributed by atoms with Gasteiger partial charge in [-0.25, -0.2) is 0 Å². The summed E-state index contributed by atoms with van der Waals surface area (Å²) in [5.74, 6) is 0.547. The lowest BCUT2D eigenvalue weighted by Crippen LogP contribution is -2.52. The van der Waals surface area contributed by atoms with E-state index in [1.807, 2.05) is 0 Å². The van der Waals surface area contributed by atoms with Crippen molar-refractivity contribution in [2.45, 2.75) is 45.7 Å². The van der Waals surface area contributed by atoms with Crippen LogP contribution in [-0.4, -0.2) is 55.3 Å². The van der Waals surface area contributed by atoms with Crippen LogP contribution in [0, 0.1) is 0 Å². The van der Waals surface area contributed by atoms with Crippen molar-refractivity contribution in [3.8, 4) is 0 Å². The SMILES string of the molecule is CC[C@@H](C)NC(N)=NCC(C)(C)N1CCOCC1. The molecular weight excluding hydrogens is 228 g/mol. The van der Waals surface area contributed by atoms with Gasteiger partial charge >= 0.3 is 0 Å². The quantitative estimate of drug-likeness (QED) is 0.564. The maximum Gasteiger partial charge on any atom is 0.188 e. The molecule has 1 aliphatic heterocycles. The number of nitrogens with one attached hydrogen (secondary N) is 1. The Morgan fingerprint density at radius 2 is 2.06 bits per heavy atom. The lowest BCUT2D eigenvalue weighted by molar-refractivity contribution is -0.00682. The fourth-order valence-electron chi connectivity index (χ4n) is 1.95. The third kappa shape index (κ3) is 4.82. The molecule has 0 bridgehead atoms. The van der Waals surface area contributed by atoms with E-state index in [0.717, 1.165) is 32.7 Å². The Bertz CT molecular complexity index is 272. The summed E-state index contributed by atoms with van der Waals surface area (Å²) in [7, 11) is 0. The number of nitrogens with two attached hydrogens (primary N) is 1. The van der Waals surface area contributed by atoms with E-state index in [9.17, 15) is 0 Å². The van der Waals surface area contributed by atoms with Crippen LogP contribution in [0.4, 0.5) is 0 Å². The van der Waals surface area contributed by atoms with E-state index in [4.69, 9.17) is 10.5 Å². The molecule has 0 saturated carbocycles. The van der Waals surface area contributed by atoms with Crippen LogP contribution in [0.3, 0.4) is 0 Å². The van der Waals surface area contributed by atoms with Gasteiger partial charge in [0.05, 0.1) is 19.8 Å². The van der Waals surface area contributed by atoms with Gasteiger partial charge in [0.2, 0.25) is 0 Å². The summed E-state index contributed by atoms with van der Waals surface area (Å²) in [6.07, 6.45) is 1.04. The first-order valence-corrected chi connectivity index (χ1v) is 6.85. The average Bonchev–Trinajstić information content (AvgIpc) is 2.37. The second-order valence-corrected chi connectivity index (χ2v) is 5.57. The van der Waals surface area contributed by atoms with Gasteiger partial charge in [0.25, 0.3) is 0 Å². The predicted molar refractivity (Wildman–Crippen MR) is 75.8 cm³/mol. The van der Waals surface area contributed by atoms with Gasteiger partial charge in [-0.15, -0.1) is 0 Å². The first-order valence-electron chi connectivity index (χ1n) is 6.85. The van der Waals surface area contributed by atoms with E-state index in [1.165, 1.54) is 0 Å². The summed E-state index contributed by atoms with van der Waals surface area (Å²) < 4.78 is 5.37. The Morgan fingerprint density at radius 3 is 2.61 bits per heavy atom. The van der Waals surface area contributed by atoms with Crippen molar-refractivity contribution in [3.05, 3.63) is 0 Å². The summed E-state index contributed by atoms with van der Waals surface area (Å²) in [6.45, 7) is 12.9. The highest BCUT2D eigenvalue weighted by molar-refractivity contribution is 5.78. The molecule has 5 nitrogen and oxygen atoms in total. The van der Waals surface area contributed by atoms with Gasteiger partial charge in [0.1, 0.15) is 0 Å². The van der Waals surface area contributed by atoms with E-state index < -0.39 is 0 Å². The van der Waals surface area contributed by atoms with E-state index in [-0.39, 0.29) is 5.54 Å². The van der Waals surface area contributed by atoms with Gasteiger partial charge < -0.3 is 15.8 Å². The molecule has 0 spiro atoms. The second kappa shape index (κ2) is 6.95. The number of hydrogen-bond acceptors (Lipinski definition) is 3. The molecule has 0 aromatic rings. The molecule has 1 saturated heterocycles. The van der Waals surface area contributed by atoms with Crippen molar-refractivity contribution >= 4 is 5.96 Å². The van der Waals surface area contributed by atoms with Crippen LogP contribution in [-0.2, 0) is 4.74 Å². The Morgan fingerprint density at radius 1 is 1.44 bits per heavy atom. The first-order chi connectivity index (χ1) is 8.45. The molecule has 0 radical (unpaired) electrons. The molecule has 0 unspecified atom stereocenters. The smallest absolute Gasteiger partial charge is 0.188 e. The fraction of sp³-hybridized carbons (Fsp3) is 0.923. The van der Waals surface area contributed by atoms with Crippen molar-refractivity contribution < 1.29 is 4.74 Å². The Kier molecular flexibility index (Phi) is 5.88. The molecule has 1 atom stereocenters. The Hall–Kier alpha value is -0.810. The maximum absolute atomic E-state index is 5.88. The summed E-state index contributed by atoms with van der Waals surface area (Å²) >= 11 is 0. The molecule has 1 fully saturated rings. The molecule has 0 amide bonds. The molecule has 1 heterocycles. The molecule has 1 rings (SSSR count). The summed E-state index contributed by atoms with van der Waals surface area (Å²) in [6, 6.07) is 0.375. The standard InChI is InChI=1S/C13H28N4O/c1-5-11(2)16-12(14)15-10-13(3,4)17-6-8-18-9-7-17/h11H,5-10H2,1-4H3,(H3,14,15,16)/t11-/m1/s1. The highest BCUT2D eigenvalue weighted by Gasteiger charge is 2.27. The number of ether oxygens (including phenoxy) is 1. The number of guanidine groups is 1. The fourth-order valence-corrected chi connectivity index (χ4v) is 1.95. The third-order valence-corrected chi connectivity index (χ3v) is 3.51. The predicted octanol–water partition coefficient (Wildman–Crippen LogP) is 0.800. The highest BCUT2D eigenvalue weighted by Crippen LogP contribution is 2.16. The molecule has 0 aromatic carbocycles. The minimum Gasteiger partial charge on any atom is -0.379 e. The number of aliphatic imine (C=N–C) groups is 1. The zero-order valence-corrected chi connectivity index (χ0v) is 12.2. The number of rotatable bonds is 5. The minimum absolute atomic E-state index is 0.0333. The van der Waals surface area contributed by atoms with Crippen molar-refractivity contribution in [2.75, 3.05) is 32.8 Å². The maximum atomic E-state index is 5.88. The van der Waals surface area contributed by atoms with Crippen molar-refractivity contribution in [1.82, 2.24) is 10.2 Å². The molecular formula is C13H28N4O. The van der Waals surface area contributed by atoms with Gasteiger partial charge in [-0.05, 0) is 27.2 Å². The van der Waals surface area contributed by atoms with Crippen molar-refractivity contribution in [3.63, 3.8) is 0 Å². The van der Waals surface area contributed by atoms with E-state index in [1.54, 1.807) is 0 Å². The summed E-state index contributed by atoms with van der Waals surface area (Å²) in [5.41, 5.74) is 5.92.